The van der Waals surface area contributed by atoms with E-state index in [1.54, 1.807) is 41.5 Å². The Labute approximate surface area is 288 Å². The second-order valence-electron chi connectivity index (χ2n) is 10.7. The van der Waals surface area contributed by atoms with Crippen LogP contribution in [0.5, 0.6) is 6.01 Å². The first kappa shape index (κ1) is 33.7. The minimum Gasteiger partial charge on any atom is -0.457 e. The van der Waals surface area contributed by atoms with E-state index in [0.717, 1.165) is 12.8 Å². The summed E-state index contributed by atoms with van der Waals surface area (Å²) in [6, 6.07) is 8.64. The standard InChI is InChI=1S/C34H27Cl2F2N7O4/c35-24-8-4-21(27(37)15-24)6-10-30-41-26(18-47-30)19-49-34-39-17-23(3-1-2-13-45-14-12-40-44-45)32(43-34)33(46)29-20-48-31(42-29)11-7-22-5-9-25(36)16-28(22)38/h4-12,14-18,20,33,46H,1-3,13,19H2. The Hall–Kier alpha value is -5.24. The van der Waals surface area contributed by atoms with Crippen LogP contribution in [0.15, 0.2) is 76.3 Å². The lowest BCUT2D eigenvalue weighted by molar-refractivity contribution is 0.204. The number of unbranched alkanes of at least 4 members (excludes halogenated alkanes) is 1. The van der Waals surface area contributed by atoms with Crippen LogP contribution in [0.3, 0.4) is 0 Å². The van der Waals surface area contributed by atoms with Crippen molar-refractivity contribution in [2.45, 2.75) is 38.5 Å². The molecule has 11 nitrogen and oxygen atoms in total. The maximum Gasteiger partial charge on any atom is 0.317 e. The molecular weight excluding hydrogens is 679 g/mol. The molecule has 0 saturated carbocycles. The molecule has 1 N–H and O–H groups in total. The Morgan fingerprint density at radius 1 is 0.878 bits per heavy atom. The highest BCUT2D eigenvalue weighted by atomic mass is 35.5. The van der Waals surface area contributed by atoms with Gasteiger partial charge in [0.15, 0.2) is 0 Å². The summed E-state index contributed by atoms with van der Waals surface area (Å²) in [6.07, 6.45) is 14.5. The molecule has 0 radical (unpaired) electrons. The Balaban J connectivity index is 1.15. The lowest BCUT2D eigenvalue weighted by Gasteiger charge is -2.14. The van der Waals surface area contributed by atoms with E-state index in [-0.39, 0.29) is 40.8 Å². The van der Waals surface area contributed by atoms with Crippen LogP contribution in [-0.4, -0.2) is 40.0 Å². The third-order valence-corrected chi connectivity index (χ3v) is 7.63. The SMILES string of the molecule is OC(c1coc(C=Cc2ccc(Cl)cc2F)n1)c1nc(OCc2coc(C=Cc3ccc(Cl)cc3F)n2)ncc1CCCCn1ccnn1. The first-order valence-electron chi connectivity index (χ1n) is 15.0. The second kappa shape index (κ2) is 15.8. The van der Waals surface area contributed by atoms with Crippen molar-refractivity contribution in [3.63, 3.8) is 0 Å². The van der Waals surface area contributed by atoms with Crippen LogP contribution < -0.4 is 4.74 Å². The lowest BCUT2D eigenvalue weighted by atomic mass is 10.0. The third kappa shape index (κ3) is 9.02. The van der Waals surface area contributed by atoms with Crippen molar-refractivity contribution in [1.29, 1.82) is 0 Å². The molecule has 0 aliphatic rings. The van der Waals surface area contributed by atoms with Crippen molar-refractivity contribution < 1.29 is 27.5 Å². The summed E-state index contributed by atoms with van der Waals surface area (Å²) in [4.78, 5) is 17.6. The molecule has 250 valence electrons. The van der Waals surface area contributed by atoms with E-state index in [1.165, 1.54) is 55.0 Å². The van der Waals surface area contributed by atoms with Gasteiger partial charge in [0.1, 0.15) is 48.3 Å². The fourth-order valence-corrected chi connectivity index (χ4v) is 5.00. The first-order chi connectivity index (χ1) is 23.8. The molecule has 15 heteroatoms. The van der Waals surface area contributed by atoms with Crippen molar-refractivity contribution in [3.8, 4) is 6.01 Å². The fourth-order valence-electron chi connectivity index (χ4n) is 4.69. The van der Waals surface area contributed by atoms with Crippen molar-refractivity contribution in [2.75, 3.05) is 0 Å². The van der Waals surface area contributed by atoms with E-state index < -0.39 is 17.7 Å². The lowest BCUT2D eigenvalue weighted by Crippen LogP contribution is -2.11. The van der Waals surface area contributed by atoms with Crippen LogP contribution >= 0.6 is 23.2 Å². The molecule has 4 aromatic heterocycles. The van der Waals surface area contributed by atoms with Crippen molar-refractivity contribution in [2.24, 2.45) is 0 Å². The van der Waals surface area contributed by atoms with Crippen LogP contribution in [0.25, 0.3) is 24.3 Å². The third-order valence-electron chi connectivity index (χ3n) is 7.16. The van der Waals surface area contributed by atoms with Gasteiger partial charge in [0.25, 0.3) is 0 Å². The number of hydrogen-bond donors (Lipinski definition) is 1. The Morgan fingerprint density at radius 3 is 2.24 bits per heavy atom. The van der Waals surface area contributed by atoms with Crippen LogP contribution in [0.1, 0.15) is 64.5 Å². The van der Waals surface area contributed by atoms with Gasteiger partial charge in [0, 0.05) is 52.3 Å². The summed E-state index contributed by atoms with van der Waals surface area (Å²) in [7, 11) is 0. The number of aryl methyl sites for hydroxylation is 2. The molecule has 0 fully saturated rings. The molecule has 0 aliphatic carbocycles. The largest absolute Gasteiger partial charge is 0.457 e. The highest BCUT2D eigenvalue weighted by Crippen LogP contribution is 2.27. The van der Waals surface area contributed by atoms with Gasteiger partial charge >= 0.3 is 6.01 Å². The number of hydrogen-bond acceptors (Lipinski definition) is 10. The Bertz CT molecular complexity index is 2080. The maximum atomic E-state index is 14.2. The topological polar surface area (TPSA) is 138 Å². The zero-order chi connectivity index (χ0) is 34.2. The number of aliphatic hydroxyl groups excluding tert-OH is 1. The van der Waals surface area contributed by atoms with Gasteiger partial charge in [0.2, 0.25) is 11.8 Å². The number of aromatic nitrogens is 7. The van der Waals surface area contributed by atoms with Crippen molar-refractivity contribution in [3.05, 3.63) is 135 Å². The van der Waals surface area contributed by atoms with Crippen LogP contribution in [-0.2, 0) is 19.6 Å². The number of ether oxygens (including phenoxy) is 1. The summed E-state index contributed by atoms with van der Waals surface area (Å²) < 4.78 is 46.8. The van der Waals surface area contributed by atoms with Crippen molar-refractivity contribution in [1.82, 2.24) is 34.9 Å². The number of halogens is 4. The molecule has 0 spiro atoms. The summed E-state index contributed by atoms with van der Waals surface area (Å²) in [5.41, 5.74) is 2.21. The average molecular weight is 707 g/mol. The predicted octanol–water partition coefficient (Wildman–Crippen LogP) is 7.65. The smallest absolute Gasteiger partial charge is 0.317 e. The Morgan fingerprint density at radius 2 is 1.57 bits per heavy atom. The monoisotopic (exact) mass is 705 g/mol. The number of rotatable bonds is 14. The quantitative estimate of drug-likeness (QED) is 0.112. The fraction of sp³-hybridized carbons (Fsp3) is 0.176. The summed E-state index contributed by atoms with van der Waals surface area (Å²) >= 11 is 11.7. The summed E-state index contributed by atoms with van der Waals surface area (Å²) in [5.74, 6) is -0.581. The molecule has 4 heterocycles. The van der Waals surface area contributed by atoms with E-state index >= 15 is 0 Å². The molecule has 0 aliphatic heterocycles. The predicted molar refractivity (Wildman–Crippen MR) is 177 cm³/mol. The van der Waals surface area contributed by atoms with Crippen LogP contribution in [0.2, 0.25) is 10.0 Å². The highest BCUT2D eigenvalue weighted by molar-refractivity contribution is 6.30. The van der Waals surface area contributed by atoms with E-state index in [4.69, 9.17) is 36.8 Å². The number of nitrogens with zero attached hydrogens (tertiary/aromatic N) is 7. The maximum absolute atomic E-state index is 14.2. The molecule has 1 unspecified atom stereocenters. The molecule has 1 atom stereocenters. The summed E-state index contributed by atoms with van der Waals surface area (Å²) in [6.45, 7) is 0.635. The molecule has 0 bridgehead atoms. The first-order valence-corrected chi connectivity index (χ1v) is 15.7. The van der Waals surface area contributed by atoms with E-state index in [9.17, 15) is 13.9 Å². The molecule has 6 aromatic rings. The second-order valence-corrected chi connectivity index (χ2v) is 11.5. The van der Waals surface area contributed by atoms with E-state index in [2.05, 4.69) is 30.2 Å². The Kier molecular flexibility index (Phi) is 10.8. The zero-order valence-corrected chi connectivity index (χ0v) is 27.1. The minimum absolute atomic E-state index is 0.00873. The minimum atomic E-state index is -1.29. The zero-order valence-electron chi connectivity index (χ0n) is 25.6. The average Bonchev–Trinajstić information content (AvgIpc) is 3.88. The van der Waals surface area contributed by atoms with Gasteiger partial charge in [-0.15, -0.1) is 5.10 Å². The molecule has 49 heavy (non-hydrogen) atoms. The number of benzene rings is 2. The molecule has 0 amide bonds. The molecule has 0 saturated heterocycles. The van der Waals surface area contributed by atoms with Crippen LogP contribution in [0, 0.1) is 11.6 Å². The van der Waals surface area contributed by atoms with Gasteiger partial charge in [-0.1, -0.05) is 40.5 Å². The van der Waals surface area contributed by atoms with Gasteiger partial charge in [-0.3, -0.25) is 4.68 Å². The molecule has 6 rings (SSSR count). The van der Waals surface area contributed by atoms with Crippen LogP contribution in [0.4, 0.5) is 8.78 Å². The molecule has 2 aromatic carbocycles. The van der Waals surface area contributed by atoms with Gasteiger partial charge < -0.3 is 18.7 Å². The van der Waals surface area contributed by atoms with Crippen molar-refractivity contribution >= 4 is 47.5 Å². The van der Waals surface area contributed by atoms with Gasteiger partial charge in [-0.25, -0.2) is 23.7 Å². The van der Waals surface area contributed by atoms with Gasteiger partial charge in [-0.2, -0.15) is 4.98 Å². The highest BCUT2D eigenvalue weighted by Gasteiger charge is 2.22. The van der Waals surface area contributed by atoms with E-state index in [1.807, 2.05) is 0 Å². The van der Waals surface area contributed by atoms with Gasteiger partial charge in [0.05, 0.1) is 11.9 Å². The number of oxazole rings is 2. The number of aliphatic hydroxyl groups is 1. The van der Waals surface area contributed by atoms with E-state index in [0.29, 0.717) is 40.4 Å². The normalized spacial score (nSPS) is 12.3. The summed E-state index contributed by atoms with van der Waals surface area (Å²) in [5, 5.41) is 19.8. The molecular formula is C34H27Cl2F2N7O4. The van der Waals surface area contributed by atoms with Gasteiger partial charge in [-0.05, 0) is 61.2 Å².